The zero-order valence-electron chi connectivity index (χ0n) is 20.2. The van der Waals surface area contributed by atoms with Gasteiger partial charge in [0.25, 0.3) is 0 Å². The summed E-state index contributed by atoms with van der Waals surface area (Å²) < 4.78 is 79.0. The third-order valence-electron chi connectivity index (χ3n) is 5.95. The number of aliphatic imine (C=N–C) groups is 1. The molecule has 2 aliphatic heterocycles. The number of sulfonamides is 1. The molecule has 0 fully saturated rings. The zero-order chi connectivity index (χ0) is 27.2. The van der Waals surface area contributed by atoms with E-state index in [1.54, 1.807) is 24.4 Å². The van der Waals surface area contributed by atoms with Crippen molar-refractivity contribution in [2.45, 2.75) is 24.0 Å². The number of alkyl halides is 3. The van der Waals surface area contributed by atoms with Crippen LogP contribution in [0.2, 0.25) is 0 Å². The Balaban J connectivity index is 1.47. The average molecular weight is 563 g/mol. The number of aromatic nitrogens is 3. The molecule has 198 valence electrons. The number of rotatable bonds is 6. The van der Waals surface area contributed by atoms with E-state index < -0.39 is 38.3 Å². The zero-order valence-corrected chi connectivity index (χ0v) is 21.8. The summed E-state index contributed by atoms with van der Waals surface area (Å²) in [4.78, 5) is 19.0. The molecule has 5 rings (SSSR count). The van der Waals surface area contributed by atoms with Crippen molar-refractivity contribution in [1.29, 1.82) is 0 Å². The van der Waals surface area contributed by atoms with Gasteiger partial charge in [-0.05, 0) is 48.4 Å². The minimum Gasteiger partial charge on any atom is -0.308 e. The highest BCUT2D eigenvalue weighted by atomic mass is 32.2. The lowest BCUT2D eigenvalue weighted by Crippen LogP contribution is -2.32. The predicted octanol–water partition coefficient (Wildman–Crippen LogP) is 3.65. The third-order valence-corrected chi connectivity index (χ3v) is 7.88. The van der Waals surface area contributed by atoms with Gasteiger partial charge in [-0.3, -0.25) is 18.9 Å². The molecule has 0 amide bonds. The smallest absolute Gasteiger partial charge is 0.308 e. The summed E-state index contributed by atoms with van der Waals surface area (Å²) in [5.41, 5.74) is 2.05. The monoisotopic (exact) mass is 562 g/mol. The maximum absolute atomic E-state index is 13.0. The molecule has 0 saturated carbocycles. The van der Waals surface area contributed by atoms with Crippen molar-refractivity contribution in [3.63, 3.8) is 0 Å². The Hall–Kier alpha value is -3.65. The number of nitrogens with one attached hydrogen (secondary N) is 1. The van der Waals surface area contributed by atoms with Gasteiger partial charge in [0, 0.05) is 42.0 Å². The van der Waals surface area contributed by atoms with E-state index in [4.69, 9.17) is 0 Å². The summed E-state index contributed by atoms with van der Waals surface area (Å²) in [6, 6.07) is 6.48. The van der Waals surface area contributed by atoms with Gasteiger partial charge in [-0.25, -0.2) is 18.4 Å². The standard InChI is InChI=1S/C24H21F3N6O3S2/c1-14-3-4-17(32-38(35,36)13-18-10-16(5-6-28-18)24(25,26)27)11-19(14)20-9-15-12-30-23(37(2)34)31-21(15)33-8-7-29-22(20)33/h3-6,9-12,32H,7-8,13H2,1-2H3. The average Bonchev–Trinajstić information content (AvgIpc) is 3.34. The van der Waals surface area contributed by atoms with Crippen molar-refractivity contribution in [2.24, 2.45) is 4.99 Å². The molecule has 38 heavy (non-hydrogen) atoms. The van der Waals surface area contributed by atoms with Crippen molar-refractivity contribution in [3.05, 3.63) is 70.7 Å². The Morgan fingerprint density at radius 2 is 1.95 bits per heavy atom. The molecule has 0 bridgehead atoms. The van der Waals surface area contributed by atoms with Crippen molar-refractivity contribution in [3.8, 4) is 0 Å². The first kappa shape index (κ1) is 26.0. The van der Waals surface area contributed by atoms with Crippen LogP contribution in [0.5, 0.6) is 0 Å². The largest absolute Gasteiger partial charge is 0.416 e. The quantitative estimate of drug-likeness (QED) is 0.456. The van der Waals surface area contributed by atoms with Crippen molar-refractivity contribution < 1.29 is 25.8 Å². The molecule has 1 unspecified atom stereocenters. The fourth-order valence-electron chi connectivity index (χ4n) is 4.24. The molecule has 1 N–H and O–H groups in total. The highest BCUT2D eigenvalue weighted by molar-refractivity contribution is 7.91. The first-order valence-electron chi connectivity index (χ1n) is 11.3. The summed E-state index contributed by atoms with van der Waals surface area (Å²) in [6.07, 6.45) is 1.28. The molecule has 0 spiro atoms. The number of benzene rings is 1. The minimum absolute atomic E-state index is 0.217. The maximum Gasteiger partial charge on any atom is 0.416 e. The molecule has 0 saturated heterocycles. The second-order valence-corrected chi connectivity index (χ2v) is 11.7. The fourth-order valence-corrected chi connectivity index (χ4v) is 5.77. The molecule has 3 aromatic rings. The van der Waals surface area contributed by atoms with Crippen LogP contribution in [0.15, 0.2) is 52.9 Å². The third kappa shape index (κ3) is 5.18. The van der Waals surface area contributed by atoms with Gasteiger partial charge >= 0.3 is 6.18 Å². The van der Waals surface area contributed by atoms with E-state index in [0.717, 1.165) is 29.5 Å². The number of fused-ring (bicyclic) bond motifs is 3. The molecule has 14 heteroatoms. The van der Waals surface area contributed by atoms with Gasteiger partial charge in [-0.1, -0.05) is 6.07 Å². The highest BCUT2D eigenvalue weighted by Crippen LogP contribution is 2.37. The van der Waals surface area contributed by atoms with Crippen LogP contribution >= 0.6 is 0 Å². The summed E-state index contributed by atoms with van der Waals surface area (Å²) in [7, 11) is -5.43. The first-order valence-corrected chi connectivity index (χ1v) is 14.5. The minimum atomic E-state index is -4.61. The van der Waals surface area contributed by atoms with Crippen LogP contribution in [0.25, 0.3) is 11.6 Å². The van der Waals surface area contributed by atoms with E-state index in [1.807, 2.05) is 17.9 Å². The Morgan fingerprint density at radius 3 is 2.68 bits per heavy atom. The number of anilines is 2. The summed E-state index contributed by atoms with van der Waals surface area (Å²) in [5.74, 6) is 0.531. The maximum atomic E-state index is 13.0. The van der Waals surface area contributed by atoms with Crippen LogP contribution in [0, 0.1) is 6.92 Å². The number of hydrogen-bond donors (Lipinski definition) is 1. The van der Waals surface area contributed by atoms with Crippen molar-refractivity contribution in [2.75, 3.05) is 29.0 Å². The summed E-state index contributed by atoms with van der Waals surface area (Å²) in [6.45, 7) is 2.97. The van der Waals surface area contributed by atoms with Crippen LogP contribution in [-0.4, -0.2) is 52.8 Å². The molecule has 1 aromatic carbocycles. The van der Waals surface area contributed by atoms with E-state index in [9.17, 15) is 25.8 Å². The first-order chi connectivity index (χ1) is 17.9. The summed E-state index contributed by atoms with van der Waals surface area (Å²) in [5, 5.41) is 0.217. The summed E-state index contributed by atoms with van der Waals surface area (Å²) >= 11 is 0. The molecule has 0 aliphatic carbocycles. The second-order valence-electron chi connectivity index (χ2n) is 8.73. The van der Waals surface area contributed by atoms with E-state index in [0.29, 0.717) is 35.9 Å². The normalized spacial score (nSPS) is 15.9. The molecular weight excluding hydrogens is 541 g/mol. The van der Waals surface area contributed by atoms with E-state index in [-0.39, 0.29) is 16.5 Å². The molecule has 2 aromatic heterocycles. The van der Waals surface area contributed by atoms with Gasteiger partial charge in [-0.15, -0.1) is 0 Å². The van der Waals surface area contributed by atoms with Gasteiger partial charge in [0.15, 0.2) is 0 Å². The van der Waals surface area contributed by atoms with Gasteiger partial charge in [0.05, 0.1) is 28.6 Å². The Kier molecular flexibility index (Phi) is 6.55. The Morgan fingerprint density at radius 1 is 1.16 bits per heavy atom. The van der Waals surface area contributed by atoms with Crippen LogP contribution in [0.4, 0.5) is 24.7 Å². The van der Waals surface area contributed by atoms with Crippen LogP contribution in [0.1, 0.15) is 27.9 Å². The van der Waals surface area contributed by atoms with Crippen molar-refractivity contribution in [1.82, 2.24) is 15.0 Å². The molecule has 4 heterocycles. The van der Waals surface area contributed by atoms with E-state index >= 15 is 0 Å². The van der Waals surface area contributed by atoms with Crippen LogP contribution < -0.4 is 9.62 Å². The number of nitrogens with zero attached hydrogens (tertiary/aromatic N) is 5. The van der Waals surface area contributed by atoms with E-state index in [1.165, 1.54) is 6.26 Å². The van der Waals surface area contributed by atoms with Gasteiger partial charge in [-0.2, -0.15) is 13.2 Å². The van der Waals surface area contributed by atoms with Crippen molar-refractivity contribution >= 4 is 49.8 Å². The number of hydrogen-bond acceptors (Lipinski definition) is 8. The van der Waals surface area contributed by atoms with E-state index in [2.05, 4.69) is 24.7 Å². The number of amidine groups is 1. The lowest BCUT2D eigenvalue weighted by atomic mass is 9.94. The van der Waals surface area contributed by atoms with Gasteiger partial charge in [0.2, 0.25) is 15.2 Å². The Bertz CT molecular complexity index is 1640. The lowest BCUT2D eigenvalue weighted by molar-refractivity contribution is -0.137. The number of aryl methyl sites for hydroxylation is 1. The lowest BCUT2D eigenvalue weighted by Gasteiger charge is -2.28. The van der Waals surface area contributed by atoms with Crippen LogP contribution in [-0.2, 0) is 32.8 Å². The second kappa shape index (κ2) is 9.58. The number of halogens is 3. The Labute approximate surface area is 219 Å². The molecular formula is C24H21F3N6O3S2. The predicted molar refractivity (Wildman–Crippen MR) is 139 cm³/mol. The molecule has 2 aliphatic rings. The molecule has 9 nitrogen and oxygen atoms in total. The molecule has 0 radical (unpaired) electrons. The number of pyridine rings is 1. The molecule has 1 atom stereocenters. The topological polar surface area (TPSA) is 118 Å². The SMILES string of the molecule is Cc1ccc(NS(=O)(=O)Cc2cc(C(F)(F)F)ccn2)cc1C1=Cc2cnc(S(C)=O)nc2N2CCN=C12. The van der Waals surface area contributed by atoms with Gasteiger partial charge < -0.3 is 4.90 Å². The van der Waals surface area contributed by atoms with Crippen LogP contribution in [0.3, 0.4) is 0 Å². The fraction of sp³-hybridized carbons (Fsp3) is 0.250. The van der Waals surface area contributed by atoms with Gasteiger partial charge in [0.1, 0.15) is 17.4 Å². The highest BCUT2D eigenvalue weighted by Gasteiger charge is 2.32.